The van der Waals surface area contributed by atoms with E-state index in [4.69, 9.17) is 21.3 Å². The normalized spacial score (nSPS) is 18.4. The number of nitrogens with zero attached hydrogens (tertiary/aromatic N) is 2. The minimum Gasteiger partial charge on any atom is -0.377 e. The fourth-order valence-electron chi connectivity index (χ4n) is 2.76. The summed E-state index contributed by atoms with van der Waals surface area (Å²) in [7, 11) is 0. The van der Waals surface area contributed by atoms with Gasteiger partial charge in [-0.3, -0.25) is 0 Å². The van der Waals surface area contributed by atoms with E-state index in [1.54, 1.807) is 0 Å². The molecule has 0 aliphatic carbocycles. The van der Waals surface area contributed by atoms with E-state index >= 15 is 0 Å². The van der Waals surface area contributed by atoms with Crippen molar-refractivity contribution in [3.63, 3.8) is 0 Å². The second-order valence-corrected chi connectivity index (χ2v) is 6.07. The Balaban J connectivity index is 2.11. The summed E-state index contributed by atoms with van der Waals surface area (Å²) in [5, 5.41) is 1.14. The predicted molar refractivity (Wildman–Crippen MR) is 83.5 cm³/mol. The van der Waals surface area contributed by atoms with E-state index in [1.165, 1.54) is 0 Å². The number of hydrogen-bond donors (Lipinski definition) is 0. The lowest BCUT2D eigenvalue weighted by Gasteiger charge is -2.43. The van der Waals surface area contributed by atoms with E-state index in [-0.39, 0.29) is 5.54 Å². The van der Waals surface area contributed by atoms with Gasteiger partial charge in [0.1, 0.15) is 5.82 Å². The fourth-order valence-corrected chi connectivity index (χ4v) is 2.98. The van der Waals surface area contributed by atoms with E-state index in [0.29, 0.717) is 5.88 Å². The molecule has 0 atom stereocenters. The first-order valence-electron chi connectivity index (χ1n) is 6.92. The number of aromatic nitrogens is 1. The van der Waals surface area contributed by atoms with Crippen LogP contribution < -0.4 is 4.90 Å². The number of ether oxygens (including phenoxy) is 1. The monoisotopic (exact) mass is 290 g/mol. The minimum absolute atomic E-state index is 0.0444. The van der Waals surface area contributed by atoms with Gasteiger partial charge in [-0.05, 0) is 31.5 Å². The molecule has 1 aromatic heterocycles. The summed E-state index contributed by atoms with van der Waals surface area (Å²) in [6, 6.07) is 10.3. The second-order valence-electron chi connectivity index (χ2n) is 5.81. The van der Waals surface area contributed by atoms with Gasteiger partial charge in [0, 0.05) is 17.8 Å². The van der Waals surface area contributed by atoms with E-state index in [9.17, 15) is 0 Å². The number of hydrogen-bond acceptors (Lipinski definition) is 3. The van der Waals surface area contributed by atoms with E-state index in [1.807, 2.05) is 18.2 Å². The average molecular weight is 291 g/mol. The molecule has 2 aromatic rings. The maximum Gasteiger partial charge on any atom is 0.130 e. The van der Waals surface area contributed by atoms with Gasteiger partial charge < -0.3 is 9.64 Å². The molecule has 0 bridgehead atoms. The van der Waals surface area contributed by atoms with Crippen LogP contribution in [0.3, 0.4) is 0 Å². The molecule has 0 unspecified atom stereocenters. The molecule has 0 radical (unpaired) electrons. The van der Waals surface area contributed by atoms with Gasteiger partial charge in [-0.15, -0.1) is 11.6 Å². The van der Waals surface area contributed by atoms with Crippen molar-refractivity contribution >= 4 is 28.3 Å². The van der Waals surface area contributed by atoms with Crippen LogP contribution in [0.2, 0.25) is 0 Å². The molecule has 0 N–H and O–H groups in total. The maximum absolute atomic E-state index is 6.12. The molecule has 1 aromatic carbocycles. The third-order valence-electron chi connectivity index (χ3n) is 3.85. The van der Waals surface area contributed by atoms with E-state index < -0.39 is 0 Å². The standard InChI is InChI=1S/C16H19ClN2O/c1-16(2)11-20-8-7-19(16)15-9-12(10-17)13-5-3-4-6-14(13)18-15/h3-6,9H,7-8,10-11H2,1-2H3. The lowest BCUT2D eigenvalue weighted by Crippen LogP contribution is -2.53. The molecule has 1 aliphatic heterocycles. The number of halogens is 1. The minimum atomic E-state index is -0.0444. The van der Waals surface area contributed by atoms with Crippen LogP contribution in [0.1, 0.15) is 19.4 Å². The third-order valence-corrected chi connectivity index (χ3v) is 4.14. The molecule has 4 heteroatoms. The molecular formula is C16H19ClN2O. The molecule has 20 heavy (non-hydrogen) atoms. The van der Waals surface area contributed by atoms with Crippen LogP contribution in [0.4, 0.5) is 5.82 Å². The molecule has 1 saturated heterocycles. The van der Waals surface area contributed by atoms with Crippen molar-refractivity contribution in [2.45, 2.75) is 25.3 Å². The van der Waals surface area contributed by atoms with Crippen molar-refractivity contribution in [1.29, 1.82) is 0 Å². The molecular weight excluding hydrogens is 272 g/mol. The van der Waals surface area contributed by atoms with E-state index in [0.717, 1.165) is 42.0 Å². The highest BCUT2D eigenvalue weighted by molar-refractivity contribution is 6.18. The summed E-state index contributed by atoms with van der Waals surface area (Å²) < 4.78 is 5.59. The zero-order valence-electron chi connectivity index (χ0n) is 11.9. The molecule has 3 nitrogen and oxygen atoms in total. The molecule has 1 aliphatic rings. The smallest absolute Gasteiger partial charge is 0.130 e. The zero-order chi connectivity index (χ0) is 14.2. The highest BCUT2D eigenvalue weighted by atomic mass is 35.5. The van der Waals surface area contributed by atoms with Crippen LogP contribution in [0.15, 0.2) is 30.3 Å². The van der Waals surface area contributed by atoms with Gasteiger partial charge in [0.05, 0.1) is 24.3 Å². The first-order valence-corrected chi connectivity index (χ1v) is 7.45. The lowest BCUT2D eigenvalue weighted by atomic mass is 10.0. The van der Waals surface area contributed by atoms with Gasteiger partial charge in [-0.25, -0.2) is 4.98 Å². The summed E-state index contributed by atoms with van der Waals surface area (Å²) >= 11 is 6.12. The van der Waals surface area contributed by atoms with Crippen LogP contribution in [-0.2, 0) is 10.6 Å². The summed E-state index contributed by atoms with van der Waals surface area (Å²) in [6.07, 6.45) is 0. The number of fused-ring (bicyclic) bond motifs is 1. The number of benzene rings is 1. The second kappa shape index (κ2) is 5.23. The Morgan fingerprint density at radius 2 is 2.15 bits per heavy atom. The number of anilines is 1. The van der Waals surface area contributed by atoms with Gasteiger partial charge >= 0.3 is 0 Å². The van der Waals surface area contributed by atoms with Gasteiger partial charge in [-0.1, -0.05) is 18.2 Å². The number of pyridine rings is 1. The average Bonchev–Trinajstić information content (AvgIpc) is 2.45. The largest absolute Gasteiger partial charge is 0.377 e. The van der Waals surface area contributed by atoms with Crippen molar-refractivity contribution in [3.05, 3.63) is 35.9 Å². The Bertz CT molecular complexity index is 627. The topological polar surface area (TPSA) is 25.4 Å². The Morgan fingerprint density at radius 3 is 2.90 bits per heavy atom. The van der Waals surface area contributed by atoms with Crippen molar-refractivity contribution in [1.82, 2.24) is 4.98 Å². The molecule has 0 saturated carbocycles. The maximum atomic E-state index is 6.12. The first-order chi connectivity index (χ1) is 9.62. The summed E-state index contributed by atoms with van der Waals surface area (Å²) in [5.74, 6) is 1.49. The van der Waals surface area contributed by atoms with Crippen LogP contribution in [0.25, 0.3) is 10.9 Å². The van der Waals surface area contributed by atoms with Gasteiger partial charge in [-0.2, -0.15) is 0 Å². The SMILES string of the molecule is CC1(C)COCCN1c1cc(CCl)c2ccccc2n1. The number of para-hydroxylation sites is 1. The summed E-state index contributed by atoms with van der Waals surface area (Å²) in [5.41, 5.74) is 2.09. The molecule has 2 heterocycles. The Morgan fingerprint density at radius 1 is 1.35 bits per heavy atom. The fraction of sp³-hybridized carbons (Fsp3) is 0.438. The van der Waals surface area contributed by atoms with Crippen LogP contribution in [-0.4, -0.2) is 30.3 Å². The Labute approximate surface area is 124 Å². The number of alkyl halides is 1. The Kier molecular flexibility index (Phi) is 3.57. The Hall–Kier alpha value is -1.32. The molecule has 106 valence electrons. The first kappa shape index (κ1) is 13.7. The molecule has 3 rings (SSSR count). The van der Waals surface area contributed by atoms with Crippen molar-refractivity contribution in [2.75, 3.05) is 24.7 Å². The summed E-state index contributed by atoms with van der Waals surface area (Å²) in [4.78, 5) is 7.13. The van der Waals surface area contributed by atoms with Gasteiger partial charge in [0.2, 0.25) is 0 Å². The molecule has 0 spiro atoms. The van der Waals surface area contributed by atoms with Gasteiger partial charge in [0.15, 0.2) is 0 Å². The number of morpholine rings is 1. The zero-order valence-corrected chi connectivity index (χ0v) is 12.7. The lowest BCUT2D eigenvalue weighted by molar-refractivity contribution is 0.0639. The van der Waals surface area contributed by atoms with Gasteiger partial charge in [0.25, 0.3) is 0 Å². The predicted octanol–water partition coefficient (Wildman–Crippen LogP) is 3.59. The molecule has 1 fully saturated rings. The summed E-state index contributed by atoms with van der Waals surface area (Å²) in [6.45, 7) is 6.69. The third kappa shape index (κ3) is 2.36. The van der Waals surface area contributed by atoms with Crippen molar-refractivity contribution in [3.8, 4) is 0 Å². The number of rotatable bonds is 2. The van der Waals surface area contributed by atoms with Crippen LogP contribution in [0, 0.1) is 0 Å². The highest BCUT2D eigenvalue weighted by Crippen LogP contribution is 2.29. The van der Waals surface area contributed by atoms with Crippen LogP contribution in [0.5, 0.6) is 0 Å². The highest BCUT2D eigenvalue weighted by Gasteiger charge is 2.31. The van der Waals surface area contributed by atoms with E-state index in [2.05, 4.69) is 30.9 Å². The quantitative estimate of drug-likeness (QED) is 0.791. The van der Waals surface area contributed by atoms with Crippen molar-refractivity contribution in [2.24, 2.45) is 0 Å². The van der Waals surface area contributed by atoms with Crippen LogP contribution >= 0.6 is 11.6 Å². The van der Waals surface area contributed by atoms with Crippen molar-refractivity contribution < 1.29 is 4.74 Å². The molecule has 0 amide bonds.